The monoisotopic (exact) mass is 350 g/mol. The zero-order chi connectivity index (χ0) is 17.7. The molecule has 0 saturated carbocycles. The normalized spacial score (nSPS) is 9.96. The second kappa shape index (κ2) is 7.51. The maximum absolute atomic E-state index is 12.1. The van der Waals surface area contributed by atoms with Crippen molar-refractivity contribution in [2.24, 2.45) is 0 Å². The van der Waals surface area contributed by atoms with Gasteiger partial charge in [-0.05, 0) is 12.5 Å². The van der Waals surface area contributed by atoms with E-state index in [4.69, 9.17) is 4.74 Å². The van der Waals surface area contributed by atoms with Gasteiger partial charge in [-0.3, -0.25) is 15.6 Å². The van der Waals surface area contributed by atoms with Crippen molar-refractivity contribution in [2.75, 3.05) is 24.9 Å². The molecule has 2 aromatic heterocycles. The number of hydrogen-bond donors (Lipinski definition) is 2. The molecule has 9 nitrogen and oxygen atoms in total. The number of thiophene rings is 1. The van der Waals surface area contributed by atoms with Gasteiger partial charge in [0.05, 0.1) is 26.0 Å². The van der Waals surface area contributed by atoms with Crippen molar-refractivity contribution in [2.45, 2.75) is 6.92 Å². The van der Waals surface area contributed by atoms with Crippen LogP contribution in [0.15, 0.2) is 18.6 Å². The Morgan fingerprint density at radius 1 is 1.08 bits per heavy atom. The molecule has 2 aromatic rings. The molecule has 0 aliphatic rings. The van der Waals surface area contributed by atoms with Gasteiger partial charge in [-0.2, -0.15) is 0 Å². The average molecular weight is 350 g/mol. The molecule has 24 heavy (non-hydrogen) atoms. The molecule has 126 valence electrons. The molecular weight excluding hydrogens is 336 g/mol. The highest BCUT2D eigenvalue weighted by atomic mass is 32.1. The predicted molar refractivity (Wildman–Crippen MR) is 86.4 cm³/mol. The van der Waals surface area contributed by atoms with Gasteiger partial charge in [-0.25, -0.2) is 19.4 Å². The van der Waals surface area contributed by atoms with Gasteiger partial charge in [0, 0.05) is 12.4 Å². The van der Waals surface area contributed by atoms with Crippen molar-refractivity contribution in [1.29, 1.82) is 0 Å². The van der Waals surface area contributed by atoms with Crippen molar-refractivity contribution in [1.82, 2.24) is 9.97 Å². The molecule has 0 unspecified atom stereocenters. The van der Waals surface area contributed by atoms with Crippen LogP contribution in [-0.2, 0) is 9.47 Å². The van der Waals surface area contributed by atoms with Crippen LogP contribution >= 0.6 is 11.3 Å². The Bertz CT molecular complexity index is 775. The Labute approximate surface area is 141 Å². The van der Waals surface area contributed by atoms with Crippen LogP contribution in [0.1, 0.15) is 25.6 Å². The second-order valence-corrected chi connectivity index (χ2v) is 5.43. The van der Waals surface area contributed by atoms with Crippen LogP contribution in [0.25, 0.3) is 0 Å². The van der Waals surface area contributed by atoms with Gasteiger partial charge >= 0.3 is 18.0 Å². The predicted octanol–water partition coefficient (Wildman–Crippen LogP) is 2.06. The molecule has 2 N–H and O–H groups in total. The highest BCUT2D eigenvalue weighted by Crippen LogP contribution is 2.34. The molecular formula is C14H14N4O5S. The van der Waals surface area contributed by atoms with Crippen LogP contribution < -0.4 is 10.6 Å². The number of methoxy groups -OCH3 is 2. The maximum atomic E-state index is 12.1. The van der Waals surface area contributed by atoms with E-state index in [1.807, 2.05) is 0 Å². The van der Waals surface area contributed by atoms with Gasteiger partial charge in [-0.15, -0.1) is 11.3 Å². The van der Waals surface area contributed by atoms with Crippen LogP contribution in [-0.4, -0.2) is 42.2 Å². The maximum Gasteiger partial charge on any atom is 0.348 e. The van der Waals surface area contributed by atoms with E-state index in [-0.39, 0.29) is 21.3 Å². The fraction of sp³-hybridized carbons (Fsp3) is 0.214. The second-order valence-electron chi connectivity index (χ2n) is 4.41. The van der Waals surface area contributed by atoms with E-state index in [0.717, 1.165) is 11.3 Å². The number of hydrogen-bond acceptors (Lipinski definition) is 8. The third-order valence-corrected chi connectivity index (χ3v) is 4.13. The molecule has 0 aliphatic heterocycles. The topological polar surface area (TPSA) is 120 Å². The molecule has 10 heteroatoms. The number of carbonyl (C=O) groups excluding carboxylic acids is 3. The number of nitrogens with zero attached hydrogens (tertiary/aromatic N) is 2. The summed E-state index contributed by atoms with van der Waals surface area (Å²) in [6, 6.07) is -0.640. The number of rotatable bonds is 4. The van der Waals surface area contributed by atoms with Crippen molar-refractivity contribution in [3.8, 4) is 0 Å². The summed E-state index contributed by atoms with van der Waals surface area (Å²) in [7, 11) is 2.44. The smallest absolute Gasteiger partial charge is 0.348 e. The van der Waals surface area contributed by atoms with Crippen molar-refractivity contribution in [3.63, 3.8) is 0 Å². The Kier molecular flexibility index (Phi) is 5.42. The van der Waals surface area contributed by atoms with Crippen molar-refractivity contribution >= 4 is 40.1 Å². The summed E-state index contributed by atoms with van der Waals surface area (Å²) in [5.41, 5.74) is 0.464. The summed E-state index contributed by atoms with van der Waals surface area (Å²) < 4.78 is 9.38. The van der Waals surface area contributed by atoms with E-state index in [0.29, 0.717) is 5.56 Å². The molecule has 0 aromatic carbocycles. The molecule has 0 atom stereocenters. The lowest BCUT2D eigenvalue weighted by molar-refractivity contribution is 0.0601. The number of ether oxygens (including phenoxy) is 2. The number of anilines is 2. The van der Waals surface area contributed by atoms with E-state index < -0.39 is 18.0 Å². The summed E-state index contributed by atoms with van der Waals surface area (Å²) in [5.74, 6) is -1.05. The van der Waals surface area contributed by atoms with Crippen LogP contribution in [0.2, 0.25) is 0 Å². The fourth-order valence-electron chi connectivity index (χ4n) is 1.85. The zero-order valence-corrected chi connectivity index (χ0v) is 13.9. The first-order chi connectivity index (χ1) is 11.5. The van der Waals surface area contributed by atoms with Crippen molar-refractivity contribution in [3.05, 3.63) is 34.6 Å². The third-order valence-electron chi connectivity index (χ3n) is 2.94. The summed E-state index contributed by atoms with van der Waals surface area (Å²) in [5, 5.41) is 5.14. The Morgan fingerprint density at radius 3 is 2.38 bits per heavy atom. The van der Waals surface area contributed by atoms with Crippen LogP contribution in [0.3, 0.4) is 0 Å². The fourth-order valence-corrected chi connectivity index (χ4v) is 2.96. The summed E-state index contributed by atoms with van der Waals surface area (Å²) in [6.07, 6.45) is 4.24. The number of carbonyl (C=O) groups is 3. The standard InChI is InChI=1S/C14H14N4O5S/c1-7-9(12(19)22-2)11(24-10(7)13(20)23-3)18-14(21)17-8-6-15-4-5-16-8/h4-6H,1-3H3,(H2,16,17,18,21). The molecule has 0 bridgehead atoms. The highest BCUT2D eigenvalue weighted by Gasteiger charge is 2.26. The first-order valence-corrected chi connectivity index (χ1v) is 7.43. The van der Waals surface area contributed by atoms with Gasteiger partial charge in [0.15, 0.2) is 5.82 Å². The minimum absolute atomic E-state index is 0.0946. The SMILES string of the molecule is COC(=O)c1sc(NC(=O)Nc2cnccn2)c(C(=O)OC)c1C. The number of urea groups is 1. The first kappa shape index (κ1) is 17.3. The lowest BCUT2D eigenvalue weighted by Gasteiger charge is -2.07. The van der Waals surface area contributed by atoms with Gasteiger partial charge in [0.1, 0.15) is 9.88 Å². The number of amides is 2. The molecule has 0 aliphatic carbocycles. The van der Waals surface area contributed by atoms with Crippen LogP contribution in [0.4, 0.5) is 15.6 Å². The number of nitrogens with one attached hydrogen (secondary N) is 2. The summed E-state index contributed by atoms with van der Waals surface area (Å²) >= 11 is 0.918. The molecule has 2 rings (SSSR count). The van der Waals surface area contributed by atoms with E-state index in [2.05, 4.69) is 25.3 Å². The minimum atomic E-state index is -0.672. The Balaban J connectivity index is 2.29. The van der Waals surface area contributed by atoms with Gasteiger partial charge in [-0.1, -0.05) is 0 Å². The first-order valence-electron chi connectivity index (χ1n) is 6.62. The average Bonchev–Trinajstić information content (AvgIpc) is 2.90. The van der Waals surface area contributed by atoms with E-state index in [1.54, 1.807) is 6.92 Å². The zero-order valence-electron chi connectivity index (χ0n) is 13.1. The van der Waals surface area contributed by atoms with Crippen LogP contribution in [0.5, 0.6) is 0 Å². The molecule has 0 fully saturated rings. The van der Waals surface area contributed by atoms with Gasteiger partial charge in [0.25, 0.3) is 0 Å². The molecule has 2 amide bonds. The van der Waals surface area contributed by atoms with Crippen LogP contribution in [0, 0.1) is 6.92 Å². The number of aromatic nitrogens is 2. The largest absolute Gasteiger partial charge is 0.465 e. The molecule has 2 heterocycles. The Morgan fingerprint density at radius 2 is 1.79 bits per heavy atom. The Hall–Kier alpha value is -3.01. The van der Waals surface area contributed by atoms with E-state index >= 15 is 0 Å². The van der Waals surface area contributed by atoms with E-state index in [9.17, 15) is 14.4 Å². The summed E-state index contributed by atoms with van der Waals surface area (Å²) in [4.78, 5) is 43.7. The lowest BCUT2D eigenvalue weighted by Crippen LogP contribution is -2.21. The van der Waals surface area contributed by atoms with Crippen molar-refractivity contribution < 1.29 is 23.9 Å². The highest BCUT2D eigenvalue weighted by molar-refractivity contribution is 7.18. The molecule has 0 saturated heterocycles. The molecule has 0 spiro atoms. The lowest BCUT2D eigenvalue weighted by atomic mass is 10.1. The molecule has 0 radical (unpaired) electrons. The third kappa shape index (κ3) is 3.66. The van der Waals surface area contributed by atoms with E-state index in [1.165, 1.54) is 32.8 Å². The van der Waals surface area contributed by atoms with Gasteiger partial charge < -0.3 is 9.47 Å². The summed E-state index contributed by atoms with van der Waals surface area (Å²) in [6.45, 7) is 1.57. The number of esters is 2. The minimum Gasteiger partial charge on any atom is -0.465 e. The quantitative estimate of drug-likeness (QED) is 0.810. The van der Waals surface area contributed by atoms with Gasteiger partial charge in [0.2, 0.25) is 0 Å².